The van der Waals surface area contributed by atoms with Crippen LogP contribution in [0.1, 0.15) is 0 Å². The predicted octanol–water partition coefficient (Wildman–Crippen LogP) is -0.180. The molecule has 0 unspecified atom stereocenters. The van der Waals surface area contributed by atoms with E-state index in [0.717, 1.165) is 0 Å². The van der Waals surface area contributed by atoms with Crippen molar-refractivity contribution in [3.63, 3.8) is 0 Å². The second kappa shape index (κ2) is 2.23. The maximum atomic E-state index is 4.03. The Morgan fingerprint density at radius 3 is 2.45 bits per heavy atom. The first-order valence-electron chi connectivity index (χ1n) is 3.40. The van der Waals surface area contributed by atoms with Gasteiger partial charge in [0.15, 0.2) is 0 Å². The van der Waals surface area contributed by atoms with E-state index in [1.165, 1.54) is 0 Å². The van der Waals surface area contributed by atoms with Crippen molar-refractivity contribution in [3.8, 4) is 0 Å². The van der Waals surface area contributed by atoms with Gasteiger partial charge in [0.1, 0.15) is 7.05 Å². The Labute approximate surface area is 64.3 Å². The molecular formula is C7H9N4+. The highest BCUT2D eigenvalue weighted by Gasteiger charge is 2.00. The summed E-state index contributed by atoms with van der Waals surface area (Å²) < 4.78 is 5.58. The van der Waals surface area contributed by atoms with Crippen LogP contribution in [0, 0.1) is 0 Å². The molecule has 11 heavy (non-hydrogen) atoms. The molecule has 2 aromatic heterocycles. The largest absolute Gasteiger partial charge is 0.289 e. The molecule has 2 rings (SSSR count). The molecule has 56 valence electrons. The van der Waals surface area contributed by atoms with Crippen LogP contribution in [0.15, 0.2) is 37.2 Å². The predicted molar refractivity (Wildman–Crippen MR) is 38.6 cm³/mol. The zero-order chi connectivity index (χ0) is 7.68. The summed E-state index contributed by atoms with van der Waals surface area (Å²) in [6.07, 6.45) is 7.56. The maximum absolute atomic E-state index is 4.03. The molecule has 2 heterocycles. The fourth-order valence-electron chi connectivity index (χ4n) is 0.964. The van der Waals surface area contributed by atoms with E-state index in [-0.39, 0.29) is 0 Å². The smallest absolute Gasteiger partial charge is 0.193 e. The molecule has 0 N–H and O–H groups in total. The third kappa shape index (κ3) is 1.02. The molecule has 0 aliphatic carbocycles. The van der Waals surface area contributed by atoms with E-state index in [9.17, 15) is 0 Å². The molecule has 0 aromatic carbocycles. The zero-order valence-corrected chi connectivity index (χ0v) is 6.25. The monoisotopic (exact) mass is 149 g/mol. The van der Waals surface area contributed by atoms with Gasteiger partial charge >= 0.3 is 0 Å². The second-order valence-corrected chi connectivity index (χ2v) is 2.36. The summed E-state index contributed by atoms with van der Waals surface area (Å²) in [6, 6.07) is 3.94. The van der Waals surface area contributed by atoms with Crippen LogP contribution in [0.5, 0.6) is 0 Å². The van der Waals surface area contributed by atoms with Crippen molar-refractivity contribution < 1.29 is 4.68 Å². The maximum Gasteiger partial charge on any atom is 0.289 e. The van der Waals surface area contributed by atoms with Crippen LogP contribution in [0.25, 0.3) is 0 Å². The molecule has 2 aromatic rings. The van der Waals surface area contributed by atoms with Gasteiger partial charge < -0.3 is 0 Å². The van der Waals surface area contributed by atoms with E-state index >= 15 is 0 Å². The molecule has 4 heteroatoms. The first-order valence-corrected chi connectivity index (χ1v) is 3.40. The minimum Gasteiger partial charge on any atom is -0.193 e. The fraction of sp³-hybridized carbons (Fsp3) is 0.143. The van der Waals surface area contributed by atoms with E-state index in [4.69, 9.17) is 0 Å². The van der Waals surface area contributed by atoms with Crippen molar-refractivity contribution >= 4 is 0 Å². The summed E-state index contributed by atoms with van der Waals surface area (Å²) in [7, 11) is 1.89. The summed E-state index contributed by atoms with van der Waals surface area (Å²) in [5.41, 5.74) is 0. The lowest BCUT2D eigenvalue weighted by molar-refractivity contribution is -0.728. The van der Waals surface area contributed by atoms with Gasteiger partial charge in [0, 0.05) is 12.4 Å². The quantitative estimate of drug-likeness (QED) is 0.517. The van der Waals surface area contributed by atoms with Crippen LogP contribution in [0.2, 0.25) is 0 Å². The second-order valence-electron chi connectivity index (χ2n) is 2.36. The number of hydrogen-bond donors (Lipinski definition) is 0. The van der Waals surface area contributed by atoms with Gasteiger partial charge in [-0.15, -0.1) is 9.36 Å². The summed E-state index contributed by atoms with van der Waals surface area (Å²) in [5, 5.41) is 4.03. The Hall–Kier alpha value is -1.58. The standard InChI is InChI=1S/C7H9N4/c1-9-7-11(6-8-9)10-4-2-3-5-10/h2-7H,1H3/q+1. The molecule has 0 bridgehead atoms. The van der Waals surface area contributed by atoms with Crippen molar-refractivity contribution in [2.75, 3.05) is 0 Å². The van der Waals surface area contributed by atoms with Crippen LogP contribution in [-0.2, 0) is 7.05 Å². The molecule has 4 nitrogen and oxygen atoms in total. The van der Waals surface area contributed by atoms with Gasteiger partial charge in [0.25, 0.3) is 6.33 Å². The van der Waals surface area contributed by atoms with Crippen molar-refractivity contribution in [1.29, 1.82) is 0 Å². The molecule has 0 radical (unpaired) electrons. The molecule has 0 amide bonds. The summed E-state index contributed by atoms with van der Waals surface area (Å²) in [4.78, 5) is 0. The highest BCUT2D eigenvalue weighted by Crippen LogP contribution is 1.89. The summed E-state index contributed by atoms with van der Waals surface area (Å²) in [6.45, 7) is 0. The van der Waals surface area contributed by atoms with Crippen molar-refractivity contribution in [2.24, 2.45) is 7.05 Å². The van der Waals surface area contributed by atoms with Gasteiger partial charge in [-0.2, -0.15) is 4.68 Å². The molecule has 0 saturated heterocycles. The normalized spacial score (nSPS) is 10.3. The lowest BCUT2D eigenvalue weighted by Crippen LogP contribution is -2.28. The summed E-state index contributed by atoms with van der Waals surface area (Å²) in [5.74, 6) is 0. The van der Waals surface area contributed by atoms with Gasteiger partial charge in [-0.25, -0.2) is 0 Å². The van der Waals surface area contributed by atoms with E-state index in [2.05, 4.69) is 5.10 Å². The summed E-state index contributed by atoms with van der Waals surface area (Å²) >= 11 is 0. The van der Waals surface area contributed by atoms with Crippen molar-refractivity contribution in [1.82, 2.24) is 14.5 Å². The van der Waals surface area contributed by atoms with Crippen molar-refractivity contribution in [2.45, 2.75) is 0 Å². The average molecular weight is 149 g/mol. The first kappa shape index (κ1) is 6.15. The Morgan fingerprint density at radius 2 is 1.91 bits per heavy atom. The number of rotatable bonds is 1. The molecule has 0 atom stereocenters. The van der Waals surface area contributed by atoms with Gasteiger partial charge in [0.05, 0.1) is 0 Å². The third-order valence-electron chi connectivity index (χ3n) is 1.49. The fourth-order valence-corrected chi connectivity index (χ4v) is 0.964. The van der Waals surface area contributed by atoms with Crippen LogP contribution in [0.4, 0.5) is 0 Å². The Kier molecular flexibility index (Phi) is 1.25. The van der Waals surface area contributed by atoms with E-state index in [0.29, 0.717) is 0 Å². The number of hydrogen-bond acceptors (Lipinski definition) is 1. The van der Waals surface area contributed by atoms with Crippen LogP contribution in [0.3, 0.4) is 0 Å². The lowest BCUT2D eigenvalue weighted by Gasteiger charge is -1.90. The highest BCUT2D eigenvalue weighted by molar-refractivity contribution is 4.90. The molecule has 0 aliphatic heterocycles. The van der Waals surface area contributed by atoms with Crippen LogP contribution >= 0.6 is 0 Å². The van der Waals surface area contributed by atoms with Gasteiger partial charge in [-0.1, -0.05) is 0 Å². The minimum atomic E-state index is 1.75. The van der Waals surface area contributed by atoms with Gasteiger partial charge in [0.2, 0.25) is 6.33 Å². The van der Waals surface area contributed by atoms with E-state index < -0.39 is 0 Å². The molecule has 0 spiro atoms. The van der Waals surface area contributed by atoms with E-state index in [1.807, 2.05) is 47.3 Å². The number of nitrogens with zero attached hydrogens (tertiary/aromatic N) is 4. The Bertz CT molecular complexity index is 333. The first-order chi connectivity index (χ1) is 5.36. The SMILES string of the molecule is C[n+]1cn(-n2cccc2)cn1. The Balaban J connectivity index is 2.45. The molecular weight excluding hydrogens is 140 g/mol. The van der Waals surface area contributed by atoms with E-state index in [1.54, 1.807) is 11.0 Å². The minimum absolute atomic E-state index is 1.75. The van der Waals surface area contributed by atoms with Crippen LogP contribution < -0.4 is 4.68 Å². The molecule has 0 fully saturated rings. The van der Waals surface area contributed by atoms with Crippen LogP contribution in [-0.4, -0.2) is 14.5 Å². The molecule has 0 saturated carbocycles. The third-order valence-corrected chi connectivity index (χ3v) is 1.49. The Morgan fingerprint density at radius 1 is 1.18 bits per heavy atom. The molecule has 0 aliphatic rings. The topological polar surface area (TPSA) is 26.6 Å². The zero-order valence-electron chi connectivity index (χ0n) is 6.25. The van der Waals surface area contributed by atoms with Crippen molar-refractivity contribution in [3.05, 3.63) is 37.2 Å². The number of aromatic nitrogens is 4. The van der Waals surface area contributed by atoms with Gasteiger partial charge in [-0.3, -0.25) is 0 Å². The van der Waals surface area contributed by atoms with Gasteiger partial charge in [-0.05, 0) is 17.2 Å². The average Bonchev–Trinajstić information content (AvgIpc) is 2.55. The number of aryl methyl sites for hydroxylation is 1. The lowest BCUT2D eigenvalue weighted by atomic mass is 10.7. The highest BCUT2D eigenvalue weighted by atomic mass is 15.5.